The number of benzene rings is 2. The Bertz CT molecular complexity index is 1640. The summed E-state index contributed by atoms with van der Waals surface area (Å²) in [7, 11) is -3.25. The van der Waals surface area contributed by atoms with Gasteiger partial charge in [0.25, 0.3) is 0 Å². The van der Waals surface area contributed by atoms with Gasteiger partial charge in [-0.1, -0.05) is 31.4 Å². The highest BCUT2D eigenvalue weighted by Gasteiger charge is 2.25. The van der Waals surface area contributed by atoms with Crippen LogP contribution in [0.4, 0.5) is 0 Å². The van der Waals surface area contributed by atoms with Gasteiger partial charge in [-0.05, 0) is 65.2 Å². The number of H-pyrrole nitrogens is 1. The molecule has 1 N–H and O–H groups in total. The maximum atomic E-state index is 11.7. The predicted molar refractivity (Wildman–Crippen MR) is 137 cm³/mol. The van der Waals surface area contributed by atoms with Crippen LogP contribution < -0.4 is 4.74 Å². The number of aromatic amines is 1. The molecular weight excluding hydrogens is 490 g/mol. The summed E-state index contributed by atoms with van der Waals surface area (Å²) in [6.07, 6.45) is 10.7. The Hall–Kier alpha value is -4.12. The van der Waals surface area contributed by atoms with Gasteiger partial charge in [0.2, 0.25) is 0 Å². The highest BCUT2D eigenvalue weighted by molar-refractivity contribution is 7.90. The van der Waals surface area contributed by atoms with E-state index in [2.05, 4.69) is 20.6 Å². The van der Waals surface area contributed by atoms with Gasteiger partial charge in [-0.15, -0.1) is 5.10 Å². The fraction of sp³-hybridized carbons (Fsp3) is 0.269. The van der Waals surface area contributed by atoms with Crippen molar-refractivity contribution >= 4 is 15.5 Å². The second-order valence-electron chi connectivity index (χ2n) is 9.31. The SMILES string of the molecule is CS(=O)(=O)c1ccc(Oc2ccc(-c3cnc4c(-c5nnn[nH]5)cnn4c3C3CCCCC3)cc2)cc1. The molecule has 37 heavy (non-hydrogen) atoms. The fourth-order valence-corrected chi connectivity index (χ4v) is 5.60. The summed E-state index contributed by atoms with van der Waals surface area (Å²) in [5, 5.41) is 18.9. The number of aromatic nitrogens is 7. The van der Waals surface area contributed by atoms with Crippen LogP contribution in [0.5, 0.6) is 11.5 Å². The first-order valence-electron chi connectivity index (χ1n) is 12.2. The summed E-state index contributed by atoms with van der Waals surface area (Å²) >= 11 is 0. The van der Waals surface area contributed by atoms with Crippen LogP contribution in [-0.4, -0.2) is 49.9 Å². The number of hydrogen-bond acceptors (Lipinski definition) is 8. The van der Waals surface area contributed by atoms with Crippen LogP contribution in [0.1, 0.15) is 43.7 Å². The highest BCUT2D eigenvalue weighted by Crippen LogP contribution is 2.39. The van der Waals surface area contributed by atoms with E-state index in [-0.39, 0.29) is 4.90 Å². The molecule has 5 aromatic rings. The van der Waals surface area contributed by atoms with Gasteiger partial charge in [0.1, 0.15) is 11.5 Å². The summed E-state index contributed by atoms with van der Waals surface area (Å²) in [6, 6.07) is 14.2. The minimum absolute atomic E-state index is 0.259. The van der Waals surface area contributed by atoms with Crippen LogP contribution in [0.3, 0.4) is 0 Å². The molecule has 0 radical (unpaired) electrons. The van der Waals surface area contributed by atoms with Crippen LogP contribution in [-0.2, 0) is 9.84 Å². The van der Waals surface area contributed by atoms with Gasteiger partial charge < -0.3 is 4.74 Å². The largest absolute Gasteiger partial charge is 0.457 e. The Kier molecular flexibility index (Phi) is 5.91. The summed E-state index contributed by atoms with van der Waals surface area (Å²) in [4.78, 5) is 5.01. The molecule has 2 aromatic carbocycles. The minimum atomic E-state index is -3.25. The average Bonchev–Trinajstić information content (AvgIpc) is 3.59. The zero-order chi connectivity index (χ0) is 25.4. The number of fused-ring (bicyclic) bond motifs is 1. The molecule has 0 aliphatic heterocycles. The van der Waals surface area contributed by atoms with E-state index in [1.54, 1.807) is 30.5 Å². The maximum absolute atomic E-state index is 11.7. The number of sulfone groups is 1. The van der Waals surface area contributed by atoms with Crippen LogP contribution in [0.15, 0.2) is 65.8 Å². The number of ether oxygens (including phenoxy) is 1. The zero-order valence-corrected chi connectivity index (χ0v) is 21.0. The molecule has 3 heterocycles. The second kappa shape index (κ2) is 9.40. The topological polar surface area (TPSA) is 128 Å². The fourth-order valence-electron chi connectivity index (χ4n) is 4.97. The predicted octanol–water partition coefficient (Wildman–Crippen LogP) is 4.82. The van der Waals surface area contributed by atoms with Crippen LogP contribution in [0, 0.1) is 0 Å². The second-order valence-corrected chi connectivity index (χ2v) is 11.3. The standard InChI is InChI=1S/C26H25N7O3S/c1-37(34,35)21-13-11-20(12-14-21)36-19-9-7-17(8-10-19)22-15-27-26-23(25-29-31-32-30-25)16-28-33(26)24(22)18-5-3-2-4-6-18/h7-16,18H,2-6H2,1H3,(H,29,30,31,32). The van der Waals surface area contributed by atoms with Crippen molar-refractivity contribution in [1.82, 2.24) is 35.2 Å². The third kappa shape index (κ3) is 4.57. The Morgan fingerprint density at radius 2 is 1.62 bits per heavy atom. The molecular formula is C26H25N7O3S. The smallest absolute Gasteiger partial charge is 0.184 e. The van der Waals surface area contributed by atoms with Crippen molar-refractivity contribution in [3.05, 3.63) is 66.6 Å². The lowest BCUT2D eigenvalue weighted by atomic mass is 9.84. The van der Waals surface area contributed by atoms with E-state index in [9.17, 15) is 8.42 Å². The lowest BCUT2D eigenvalue weighted by Crippen LogP contribution is -2.12. The quantitative estimate of drug-likeness (QED) is 0.341. The van der Waals surface area contributed by atoms with Crippen molar-refractivity contribution in [2.24, 2.45) is 0 Å². The van der Waals surface area contributed by atoms with E-state index >= 15 is 0 Å². The van der Waals surface area contributed by atoms with E-state index in [1.807, 2.05) is 35.0 Å². The average molecular weight is 516 g/mol. The third-order valence-corrected chi connectivity index (χ3v) is 7.94. The molecule has 0 bridgehead atoms. The van der Waals surface area contributed by atoms with Crippen LogP contribution in [0.2, 0.25) is 0 Å². The van der Waals surface area contributed by atoms with E-state index in [1.165, 1.54) is 25.5 Å². The number of hydrogen-bond donors (Lipinski definition) is 1. The minimum Gasteiger partial charge on any atom is -0.457 e. The zero-order valence-electron chi connectivity index (χ0n) is 20.2. The molecule has 1 aliphatic carbocycles. The van der Waals surface area contributed by atoms with Gasteiger partial charge in [0.05, 0.1) is 22.3 Å². The molecule has 0 unspecified atom stereocenters. The van der Waals surface area contributed by atoms with E-state index in [4.69, 9.17) is 14.8 Å². The molecule has 0 saturated heterocycles. The summed E-state index contributed by atoms with van der Waals surface area (Å²) in [6.45, 7) is 0. The summed E-state index contributed by atoms with van der Waals surface area (Å²) in [5.74, 6) is 2.13. The van der Waals surface area contributed by atoms with Crippen molar-refractivity contribution in [2.75, 3.05) is 6.26 Å². The molecule has 0 atom stereocenters. The molecule has 1 fully saturated rings. The molecule has 0 spiro atoms. The number of tetrazole rings is 1. The Morgan fingerprint density at radius 1 is 0.919 bits per heavy atom. The first kappa shape index (κ1) is 23.3. The van der Waals surface area contributed by atoms with Crippen LogP contribution in [0.25, 0.3) is 28.2 Å². The number of nitrogens with one attached hydrogen (secondary N) is 1. The van der Waals surface area contributed by atoms with Crippen molar-refractivity contribution in [1.29, 1.82) is 0 Å². The molecule has 10 nitrogen and oxygen atoms in total. The number of rotatable bonds is 6. The lowest BCUT2D eigenvalue weighted by Gasteiger charge is -2.25. The molecule has 11 heteroatoms. The lowest BCUT2D eigenvalue weighted by molar-refractivity contribution is 0.431. The molecule has 3 aromatic heterocycles. The Morgan fingerprint density at radius 3 is 2.27 bits per heavy atom. The van der Waals surface area contributed by atoms with Gasteiger partial charge in [-0.25, -0.2) is 23.0 Å². The summed E-state index contributed by atoms with van der Waals surface area (Å²) < 4.78 is 31.3. The molecule has 1 aliphatic rings. The first-order chi connectivity index (χ1) is 18.0. The van der Waals surface area contributed by atoms with Crippen molar-refractivity contribution < 1.29 is 13.2 Å². The maximum Gasteiger partial charge on any atom is 0.184 e. The van der Waals surface area contributed by atoms with Gasteiger partial charge >= 0.3 is 0 Å². The van der Waals surface area contributed by atoms with Gasteiger partial charge in [0, 0.05) is 23.9 Å². The van der Waals surface area contributed by atoms with Crippen molar-refractivity contribution in [2.45, 2.75) is 42.9 Å². The third-order valence-electron chi connectivity index (χ3n) is 6.81. The molecule has 0 amide bonds. The van der Waals surface area contributed by atoms with E-state index in [0.717, 1.165) is 40.9 Å². The van der Waals surface area contributed by atoms with Gasteiger partial charge in [0.15, 0.2) is 21.3 Å². The van der Waals surface area contributed by atoms with Gasteiger partial charge in [-0.2, -0.15) is 5.10 Å². The summed E-state index contributed by atoms with van der Waals surface area (Å²) in [5.41, 5.74) is 4.69. The normalized spacial score (nSPS) is 14.7. The Labute approximate surface area is 213 Å². The van der Waals surface area contributed by atoms with Crippen molar-refractivity contribution in [3.63, 3.8) is 0 Å². The van der Waals surface area contributed by atoms with Gasteiger partial charge in [-0.3, -0.25) is 0 Å². The molecule has 1 saturated carbocycles. The molecule has 188 valence electrons. The van der Waals surface area contributed by atoms with E-state index in [0.29, 0.717) is 23.2 Å². The Balaban J connectivity index is 1.35. The highest BCUT2D eigenvalue weighted by atomic mass is 32.2. The van der Waals surface area contributed by atoms with Crippen molar-refractivity contribution in [3.8, 4) is 34.0 Å². The first-order valence-corrected chi connectivity index (χ1v) is 14.1. The van der Waals surface area contributed by atoms with Crippen LogP contribution >= 0.6 is 0 Å². The van der Waals surface area contributed by atoms with E-state index < -0.39 is 9.84 Å². The molecule has 6 rings (SSSR count). The number of nitrogens with zero attached hydrogens (tertiary/aromatic N) is 6. The monoisotopic (exact) mass is 515 g/mol.